The number of para-hydroxylation sites is 1. The summed E-state index contributed by atoms with van der Waals surface area (Å²) in [5.74, 6) is 4.42. The summed E-state index contributed by atoms with van der Waals surface area (Å²) in [4.78, 5) is 0. The Morgan fingerprint density at radius 1 is 0.952 bits per heavy atom. The molecule has 0 heterocycles. The molecule has 0 aromatic heterocycles. The Bertz CT molecular complexity index is 648. The minimum atomic E-state index is -1.48. The number of benzene rings is 2. The average Bonchev–Trinajstić information content (AvgIpc) is 2.45. The number of aliphatic hydroxyl groups is 1. The van der Waals surface area contributed by atoms with E-state index in [4.69, 9.17) is 4.74 Å². The van der Waals surface area contributed by atoms with Gasteiger partial charge in [-0.15, -0.1) is 5.54 Å². The van der Waals surface area contributed by atoms with Crippen molar-refractivity contribution in [3.63, 3.8) is 0 Å². The Morgan fingerprint density at radius 2 is 1.62 bits per heavy atom. The Hall–Kier alpha value is -2.02. The van der Waals surface area contributed by atoms with Crippen LogP contribution in [0.2, 0.25) is 19.6 Å². The molecule has 1 N–H and O–H groups in total. The van der Waals surface area contributed by atoms with Crippen LogP contribution in [-0.2, 0) is 0 Å². The molecule has 2 rings (SSSR count). The van der Waals surface area contributed by atoms with Gasteiger partial charge in [-0.1, -0.05) is 55.9 Å². The SMILES string of the molecule is C[Si](C)(C)C#C[C@@H](O)c1cccc(Oc2ccccc2)c1. The first-order chi connectivity index (χ1) is 9.94. The molecule has 0 spiro atoms. The second kappa shape index (κ2) is 6.62. The van der Waals surface area contributed by atoms with Crippen LogP contribution in [0, 0.1) is 11.5 Å². The van der Waals surface area contributed by atoms with Crippen molar-refractivity contribution in [3.8, 4) is 23.0 Å². The minimum Gasteiger partial charge on any atom is -0.457 e. The number of ether oxygens (including phenoxy) is 1. The van der Waals surface area contributed by atoms with Gasteiger partial charge in [-0.2, -0.15) is 0 Å². The highest BCUT2D eigenvalue weighted by Gasteiger charge is 2.10. The second-order valence-electron chi connectivity index (χ2n) is 5.91. The average molecular weight is 296 g/mol. The molecule has 0 saturated heterocycles. The summed E-state index contributed by atoms with van der Waals surface area (Å²) in [5, 5.41) is 10.2. The summed E-state index contributed by atoms with van der Waals surface area (Å²) in [5.41, 5.74) is 3.95. The van der Waals surface area contributed by atoms with E-state index in [-0.39, 0.29) is 0 Å². The fourth-order valence-corrected chi connectivity index (χ4v) is 2.31. The first-order valence-electron chi connectivity index (χ1n) is 6.98. The molecule has 0 fully saturated rings. The molecule has 2 aromatic rings. The Labute approximate surface area is 127 Å². The fraction of sp³-hybridized carbons (Fsp3) is 0.222. The standard InChI is InChI=1S/C18H20O2Si/c1-21(2,3)13-12-18(19)15-8-7-11-17(14-15)20-16-9-5-4-6-10-16/h4-11,14,18-19H,1-3H3/t18-/m1/s1. The van der Waals surface area contributed by atoms with Crippen molar-refractivity contribution in [1.82, 2.24) is 0 Å². The van der Waals surface area contributed by atoms with Crippen molar-refractivity contribution < 1.29 is 9.84 Å². The van der Waals surface area contributed by atoms with E-state index in [0.29, 0.717) is 5.75 Å². The maximum atomic E-state index is 10.2. The van der Waals surface area contributed by atoms with E-state index in [9.17, 15) is 5.11 Å². The maximum Gasteiger partial charge on any atom is 0.139 e. The highest BCUT2D eigenvalue weighted by Crippen LogP contribution is 2.24. The summed E-state index contributed by atoms with van der Waals surface area (Å²) >= 11 is 0. The fourth-order valence-electron chi connectivity index (χ4n) is 1.74. The third-order valence-corrected chi connectivity index (χ3v) is 3.63. The van der Waals surface area contributed by atoms with Crippen LogP contribution in [0.5, 0.6) is 11.5 Å². The molecular weight excluding hydrogens is 276 g/mol. The summed E-state index contributed by atoms with van der Waals surface area (Å²) in [6, 6.07) is 17.0. The molecule has 3 heteroatoms. The second-order valence-corrected chi connectivity index (χ2v) is 10.7. The predicted octanol–water partition coefficient (Wildman–Crippen LogP) is 4.39. The molecule has 108 valence electrons. The van der Waals surface area contributed by atoms with E-state index >= 15 is 0 Å². The number of rotatable bonds is 3. The van der Waals surface area contributed by atoms with Gasteiger partial charge in [0.25, 0.3) is 0 Å². The third-order valence-electron chi connectivity index (χ3n) is 2.74. The summed E-state index contributed by atoms with van der Waals surface area (Å²) in [6.45, 7) is 6.46. The van der Waals surface area contributed by atoms with Crippen molar-refractivity contribution in [2.75, 3.05) is 0 Å². The van der Waals surface area contributed by atoms with E-state index in [1.807, 2.05) is 54.6 Å². The zero-order valence-corrected chi connectivity index (χ0v) is 13.6. The van der Waals surface area contributed by atoms with Gasteiger partial charge in [0, 0.05) is 0 Å². The highest BCUT2D eigenvalue weighted by atomic mass is 28.3. The normalized spacial score (nSPS) is 12.2. The first-order valence-corrected chi connectivity index (χ1v) is 10.5. The van der Waals surface area contributed by atoms with Gasteiger partial charge in [0.2, 0.25) is 0 Å². The molecule has 0 radical (unpaired) electrons. The van der Waals surface area contributed by atoms with Gasteiger partial charge >= 0.3 is 0 Å². The van der Waals surface area contributed by atoms with Gasteiger partial charge in [0.15, 0.2) is 0 Å². The number of hydrogen-bond donors (Lipinski definition) is 1. The van der Waals surface area contributed by atoms with E-state index in [2.05, 4.69) is 31.1 Å². The molecule has 0 aliphatic rings. The highest BCUT2D eigenvalue weighted by molar-refractivity contribution is 6.83. The van der Waals surface area contributed by atoms with Crippen molar-refractivity contribution in [3.05, 3.63) is 60.2 Å². The van der Waals surface area contributed by atoms with Gasteiger partial charge in [0.05, 0.1) is 0 Å². The first kappa shape index (κ1) is 15.4. The van der Waals surface area contributed by atoms with Crippen LogP contribution in [-0.4, -0.2) is 13.2 Å². The Kier molecular flexibility index (Phi) is 4.84. The molecule has 0 bridgehead atoms. The maximum absolute atomic E-state index is 10.2. The molecule has 2 aromatic carbocycles. The van der Waals surface area contributed by atoms with Crippen LogP contribution in [0.1, 0.15) is 11.7 Å². The Balaban J connectivity index is 2.15. The Morgan fingerprint density at radius 3 is 2.29 bits per heavy atom. The minimum absolute atomic E-state index is 0.701. The van der Waals surface area contributed by atoms with Crippen LogP contribution in [0.25, 0.3) is 0 Å². The molecule has 0 aliphatic carbocycles. The van der Waals surface area contributed by atoms with Crippen molar-refractivity contribution in [2.45, 2.75) is 25.7 Å². The van der Waals surface area contributed by atoms with E-state index in [0.717, 1.165) is 11.3 Å². The van der Waals surface area contributed by atoms with E-state index in [1.54, 1.807) is 0 Å². The summed E-state index contributed by atoms with van der Waals surface area (Å²) < 4.78 is 5.76. The molecule has 2 nitrogen and oxygen atoms in total. The van der Waals surface area contributed by atoms with Crippen molar-refractivity contribution in [2.24, 2.45) is 0 Å². The van der Waals surface area contributed by atoms with Crippen LogP contribution >= 0.6 is 0 Å². The smallest absolute Gasteiger partial charge is 0.139 e. The lowest BCUT2D eigenvalue weighted by Gasteiger charge is -2.10. The molecule has 0 saturated carbocycles. The predicted molar refractivity (Wildman–Crippen MR) is 89.0 cm³/mol. The summed E-state index contributed by atoms with van der Waals surface area (Å²) in [6.07, 6.45) is -0.768. The van der Waals surface area contributed by atoms with Crippen LogP contribution in [0.3, 0.4) is 0 Å². The largest absolute Gasteiger partial charge is 0.457 e. The lowest BCUT2D eigenvalue weighted by atomic mass is 10.1. The number of aliphatic hydroxyl groups excluding tert-OH is 1. The van der Waals surface area contributed by atoms with Crippen LogP contribution in [0.4, 0.5) is 0 Å². The van der Waals surface area contributed by atoms with Crippen molar-refractivity contribution in [1.29, 1.82) is 0 Å². The third kappa shape index (κ3) is 5.11. The molecule has 0 amide bonds. The van der Waals surface area contributed by atoms with Gasteiger partial charge in [-0.3, -0.25) is 0 Å². The van der Waals surface area contributed by atoms with Gasteiger partial charge in [-0.05, 0) is 29.8 Å². The van der Waals surface area contributed by atoms with E-state index in [1.165, 1.54) is 0 Å². The molecule has 0 unspecified atom stereocenters. The molecular formula is C18H20O2Si. The van der Waals surface area contributed by atoms with Crippen molar-refractivity contribution >= 4 is 8.07 Å². The van der Waals surface area contributed by atoms with Gasteiger partial charge in [0.1, 0.15) is 25.7 Å². The quantitative estimate of drug-likeness (QED) is 0.672. The van der Waals surface area contributed by atoms with Crippen LogP contribution in [0.15, 0.2) is 54.6 Å². The molecule has 0 aliphatic heterocycles. The monoisotopic (exact) mass is 296 g/mol. The van der Waals surface area contributed by atoms with Gasteiger partial charge in [-0.25, -0.2) is 0 Å². The van der Waals surface area contributed by atoms with Gasteiger partial charge < -0.3 is 9.84 Å². The zero-order chi connectivity index (χ0) is 15.3. The molecule has 21 heavy (non-hydrogen) atoms. The topological polar surface area (TPSA) is 29.5 Å². The zero-order valence-electron chi connectivity index (χ0n) is 12.6. The number of hydrogen-bond acceptors (Lipinski definition) is 2. The molecule has 1 atom stereocenters. The summed E-state index contributed by atoms with van der Waals surface area (Å²) in [7, 11) is -1.48. The lowest BCUT2D eigenvalue weighted by Crippen LogP contribution is -2.16. The van der Waals surface area contributed by atoms with E-state index < -0.39 is 14.2 Å². The van der Waals surface area contributed by atoms with Crippen LogP contribution < -0.4 is 4.74 Å². The lowest BCUT2D eigenvalue weighted by molar-refractivity contribution is 0.238.